The fourth-order valence-corrected chi connectivity index (χ4v) is 4.09. The molecular formula is C19H23FN2O3. The molecule has 0 saturated carbocycles. The minimum Gasteiger partial charge on any atom is -0.481 e. The largest absolute Gasteiger partial charge is 0.481 e. The molecule has 0 radical (unpaired) electrons. The number of fused-ring (bicyclic) bond motifs is 1. The Kier molecular flexibility index (Phi) is 4.90. The molecule has 2 atom stereocenters. The first-order valence-corrected chi connectivity index (χ1v) is 8.53. The van der Waals surface area contributed by atoms with Crippen LogP contribution in [-0.4, -0.2) is 59.5 Å². The second-order valence-electron chi connectivity index (χ2n) is 7.05. The standard InChI is InChI=1S/C19H23FN2O3/c1-2-8-21-10-15-11-22(13-19(15,12-21)18(24)25)17(23)7-6-14-4-3-5-16(20)9-14/h2-5,9,15H,1,6-8,10-13H2,(H,24,25)/t15-,19-/m0/s1. The van der Waals surface area contributed by atoms with Crippen molar-refractivity contribution in [1.29, 1.82) is 0 Å². The number of halogens is 1. The number of aliphatic carboxylic acids is 1. The summed E-state index contributed by atoms with van der Waals surface area (Å²) >= 11 is 0. The highest BCUT2D eigenvalue weighted by atomic mass is 19.1. The summed E-state index contributed by atoms with van der Waals surface area (Å²) in [6, 6.07) is 6.22. The van der Waals surface area contributed by atoms with Gasteiger partial charge in [-0.05, 0) is 24.1 Å². The molecule has 1 aromatic rings. The van der Waals surface area contributed by atoms with E-state index in [0.717, 1.165) is 5.56 Å². The van der Waals surface area contributed by atoms with Gasteiger partial charge in [-0.2, -0.15) is 0 Å². The maximum atomic E-state index is 13.2. The van der Waals surface area contributed by atoms with Gasteiger partial charge in [0.25, 0.3) is 0 Å². The summed E-state index contributed by atoms with van der Waals surface area (Å²) in [7, 11) is 0. The number of likely N-dealkylation sites (tertiary alicyclic amines) is 2. The number of amides is 1. The third-order valence-corrected chi connectivity index (χ3v) is 5.36. The van der Waals surface area contributed by atoms with E-state index in [4.69, 9.17) is 0 Å². The summed E-state index contributed by atoms with van der Waals surface area (Å²) in [4.78, 5) is 28.2. The second-order valence-corrected chi connectivity index (χ2v) is 7.05. The second kappa shape index (κ2) is 6.96. The van der Waals surface area contributed by atoms with Gasteiger partial charge in [0.15, 0.2) is 0 Å². The van der Waals surface area contributed by atoms with Crippen molar-refractivity contribution in [3.63, 3.8) is 0 Å². The van der Waals surface area contributed by atoms with Gasteiger partial charge in [-0.25, -0.2) is 4.39 Å². The fourth-order valence-electron chi connectivity index (χ4n) is 4.09. The predicted octanol–water partition coefficient (Wildman–Crippen LogP) is 1.79. The van der Waals surface area contributed by atoms with Crippen molar-refractivity contribution in [2.45, 2.75) is 12.8 Å². The van der Waals surface area contributed by atoms with Crippen LogP contribution in [0.1, 0.15) is 12.0 Å². The van der Waals surface area contributed by atoms with E-state index < -0.39 is 11.4 Å². The minimum absolute atomic E-state index is 0.0527. The Morgan fingerprint density at radius 3 is 2.80 bits per heavy atom. The van der Waals surface area contributed by atoms with E-state index in [1.54, 1.807) is 23.1 Å². The number of aryl methyl sites for hydroxylation is 1. The topological polar surface area (TPSA) is 60.9 Å². The molecule has 1 N–H and O–H groups in total. The molecule has 3 rings (SSSR count). The first-order chi connectivity index (χ1) is 11.9. The van der Waals surface area contributed by atoms with Gasteiger partial charge < -0.3 is 10.0 Å². The molecule has 6 heteroatoms. The SMILES string of the molecule is C=CCN1C[C@H]2CN(C(=O)CCc3cccc(F)c3)C[C@@]2(C(=O)O)C1. The van der Waals surface area contributed by atoms with E-state index in [0.29, 0.717) is 32.6 Å². The molecule has 0 spiro atoms. The van der Waals surface area contributed by atoms with Crippen molar-refractivity contribution in [3.8, 4) is 0 Å². The van der Waals surface area contributed by atoms with Crippen LogP contribution in [0.5, 0.6) is 0 Å². The normalized spacial score (nSPS) is 25.8. The van der Waals surface area contributed by atoms with E-state index in [9.17, 15) is 19.1 Å². The summed E-state index contributed by atoms with van der Waals surface area (Å²) in [5.74, 6) is -1.25. The predicted molar refractivity (Wildman–Crippen MR) is 91.5 cm³/mol. The van der Waals surface area contributed by atoms with Crippen molar-refractivity contribution in [1.82, 2.24) is 9.80 Å². The molecule has 2 aliphatic heterocycles. The van der Waals surface area contributed by atoms with Crippen molar-refractivity contribution >= 4 is 11.9 Å². The van der Waals surface area contributed by atoms with E-state index in [1.807, 2.05) is 0 Å². The van der Waals surface area contributed by atoms with Gasteiger partial charge >= 0.3 is 5.97 Å². The maximum absolute atomic E-state index is 13.2. The van der Waals surface area contributed by atoms with E-state index in [2.05, 4.69) is 11.5 Å². The lowest BCUT2D eigenvalue weighted by Gasteiger charge is -2.25. The van der Waals surface area contributed by atoms with Crippen LogP contribution < -0.4 is 0 Å². The molecule has 134 valence electrons. The molecule has 2 heterocycles. The molecule has 0 aromatic heterocycles. The van der Waals surface area contributed by atoms with Crippen molar-refractivity contribution in [3.05, 3.63) is 48.3 Å². The zero-order valence-corrected chi connectivity index (χ0v) is 14.2. The van der Waals surface area contributed by atoms with Gasteiger partial charge in [-0.3, -0.25) is 14.5 Å². The highest BCUT2D eigenvalue weighted by molar-refractivity contribution is 5.81. The van der Waals surface area contributed by atoms with Crippen LogP contribution in [0.4, 0.5) is 4.39 Å². The van der Waals surface area contributed by atoms with Crippen LogP contribution in [0.2, 0.25) is 0 Å². The van der Waals surface area contributed by atoms with Crippen LogP contribution in [0, 0.1) is 17.2 Å². The Balaban J connectivity index is 1.62. The zero-order valence-electron chi connectivity index (χ0n) is 14.2. The van der Waals surface area contributed by atoms with E-state index in [1.165, 1.54) is 12.1 Å². The molecule has 1 aromatic carbocycles. The molecule has 0 bridgehead atoms. The monoisotopic (exact) mass is 346 g/mol. The lowest BCUT2D eigenvalue weighted by Crippen LogP contribution is -2.42. The highest BCUT2D eigenvalue weighted by Crippen LogP contribution is 2.43. The lowest BCUT2D eigenvalue weighted by molar-refractivity contribution is -0.149. The number of hydrogen-bond donors (Lipinski definition) is 1. The van der Waals surface area contributed by atoms with E-state index in [-0.39, 0.29) is 30.6 Å². The first kappa shape index (κ1) is 17.6. The molecular weight excluding hydrogens is 323 g/mol. The van der Waals surface area contributed by atoms with Crippen molar-refractivity contribution in [2.24, 2.45) is 11.3 Å². The third-order valence-electron chi connectivity index (χ3n) is 5.36. The number of carbonyl (C=O) groups is 2. The third kappa shape index (κ3) is 3.44. The number of hydrogen-bond acceptors (Lipinski definition) is 3. The van der Waals surface area contributed by atoms with Gasteiger partial charge in [0.05, 0.1) is 0 Å². The first-order valence-electron chi connectivity index (χ1n) is 8.53. The summed E-state index contributed by atoms with van der Waals surface area (Å²) in [5.41, 5.74) is -0.102. The zero-order chi connectivity index (χ0) is 18.0. The van der Waals surface area contributed by atoms with Gasteiger partial charge in [-0.1, -0.05) is 18.2 Å². The van der Waals surface area contributed by atoms with Gasteiger partial charge in [0.1, 0.15) is 11.2 Å². The molecule has 25 heavy (non-hydrogen) atoms. The molecule has 1 amide bonds. The average molecular weight is 346 g/mol. The van der Waals surface area contributed by atoms with Crippen molar-refractivity contribution < 1.29 is 19.1 Å². The van der Waals surface area contributed by atoms with Gasteiger partial charge in [-0.15, -0.1) is 6.58 Å². The number of carboxylic acid groups (broad SMARTS) is 1. The maximum Gasteiger partial charge on any atom is 0.313 e. The van der Waals surface area contributed by atoms with Crippen LogP contribution in [0.25, 0.3) is 0 Å². The van der Waals surface area contributed by atoms with Gasteiger partial charge in [0.2, 0.25) is 5.91 Å². The molecule has 2 aliphatic rings. The van der Waals surface area contributed by atoms with Crippen LogP contribution in [-0.2, 0) is 16.0 Å². The summed E-state index contributed by atoms with van der Waals surface area (Å²) in [6.07, 6.45) is 2.50. The molecule has 0 unspecified atom stereocenters. The Labute approximate surface area is 146 Å². The number of carboxylic acids is 1. The Bertz CT molecular complexity index is 693. The average Bonchev–Trinajstić information content (AvgIpc) is 3.08. The Hall–Kier alpha value is -2.21. The summed E-state index contributed by atoms with van der Waals surface area (Å²) in [5, 5.41) is 9.77. The quantitative estimate of drug-likeness (QED) is 0.798. The van der Waals surface area contributed by atoms with Crippen LogP contribution in [0.15, 0.2) is 36.9 Å². The van der Waals surface area contributed by atoms with Crippen LogP contribution >= 0.6 is 0 Å². The summed E-state index contributed by atoms with van der Waals surface area (Å²) < 4.78 is 13.2. The fraction of sp³-hybridized carbons (Fsp3) is 0.474. The summed E-state index contributed by atoms with van der Waals surface area (Å²) in [6.45, 7) is 6.22. The molecule has 0 aliphatic carbocycles. The highest BCUT2D eigenvalue weighted by Gasteiger charge is 2.58. The lowest BCUT2D eigenvalue weighted by atomic mass is 9.81. The number of carbonyl (C=O) groups excluding carboxylic acids is 1. The van der Waals surface area contributed by atoms with E-state index >= 15 is 0 Å². The molecule has 5 nitrogen and oxygen atoms in total. The Morgan fingerprint density at radius 2 is 2.16 bits per heavy atom. The molecule has 2 saturated heterocycles. The Morgan fingerprint density at radius 1 is 1.36 bits per heavy atom. The van der Waals surface area contributed by atoms with Crippen molar-refractivity contribution in [2.75, 3.05) is 32.7 Å². The number of rotatable bonds is 6. The number of nitrogens with zero attached hydrogens (tertiary/aromatic N) is 2. The van der Waals surface area contributed by atoms with Crippen LogP contribution in [0.3, 0.4) is 0 Å². The number of benzene rings is 1. The van der Waals surface area contributed by atoms with Gasteiger partial charge in [0, 0.05) is 45.1 Å². The minimum atomic E-state index is -0.877. The molecule has 2 fully saturated rings. The smallest absolute Gasteiger partial charge is 0.313 e.